The van der Waals surface area contributed by atoms with Crippen molar-refractivity contribution < 1.29 is 40.3 Å². The number of likely N-dealkylation sites (tertiary alicyclic amines) is 1. The highest BCUT2D eigenvalue weighted by Gasteiger charge is 2.60. The number of fused-ring (bicyclic) bond motifs is 2. The summed E-state index contributed by atoms with van der Waals surface area (Å²) in [5, 5.41) is -1.11. The maximum atomic E-state index is 14.3. The minimum atomic E-state index is -4.81. The number of halogens is 9. The van der Waals surface area contributed by atoms with Crippen molar-refractivity contribution in [1.82, 2.24) is 9.88 Å². The number of hydrogen-bond acceptors (Lipinski definition) is 5. The van der Waals surface area contributed by atoms with Crippen molar-refractivity contribution in [2.24, 2.45) is 4.40 Å². The van der Waals surface area contributed by atoms with Gasteiger partial charge in [0.25, 0.3) is 0 Å². The number of alkyl halides is 6. The molecule has 5 nitrogen and oxygen atoms in total. The lowest BCUT2D eigenvalue weighted by atomic mass is 9.85. The molecule has 0 saturated carbocycles. The molecule has 3 aliphatic rings. The molecule has 0 bridgehead atoms. The number of pyridine rings is 1. The van der Waals surface area contributed by atoms with Crippen molar-refractivity contribution in [1.29, 1.82) is 0 Å². The largest absolute Gasteiger partial charge is 0.409 e. The van der Waals surface area contributed by atoms with Crippen molar-refractivity contribution in [3.05, 3.63) is 62.6 Å². The van der Waals surface area contributed by atoms with Crippen LogP contribution in [0.2, 0.25) is 10.0 Å². The summed E-state index contributed by atoms with van der Waals surface area (Å²) < 4.78 is 102. The van der Waals surface area contributed by atoms with E-state index in [-0.39, 0.29) is 48.6 Å². The second kappa shape index (κ2) is 8.72. The molecule has 37 heavy (non-hydrogen) atoms. The van der Waals surface area contributed by atoms with Crippen molar-refractivity contribution in [2.75, 3.05) is 13.1 Å². The molecule has 198 valence electrons. The Kier molecular flexibility index (Phi) is 6.25. The van der Waals surface area contributed by atoms with Gasteiger partial charge in [-0.3, -0.25) is 9.78 Å². The molecular formula is C22H14Cl2F7N3O2S. The lowest BCUT2D eigenvalue weighted by Crippen LogP contribution is -2.61. The zero-order chi connectivity index (χ0) is 27.0. The van der Waals surface area contributed by atoms with Crippen LogP contribution in [0.1, 0.15) is 35.2 Å². The molecule has 15 heteroatoms. The van der Waals surface area contributed by atoms with Crippen LogP contribution in [-0.4, -0.2) is 46.9 Å². The number of rotatable bonds is 3. The van der Waals surface area contributed by atoms with Gasteiger partial charge in [-0.25, -0.2) is 8.79 Å². The van der Waals surface area contributed by atoms with Crippen LogP contribution in [0.3, 0.4) is 0 Å². The van der Waals surface area contributed by atoms with Crippen LogP contribution in [0.25, 0.3) is 0 Å². The average Bonchev–Trinajstić information content (AvgIpc) is 3.37. The highest BCUT2D eigenvalue weighted by atomic mass is 35.5. The molecule has 1 fully saturated rings. The fourth-order valence-electron chi connectivity index (χ4n) is 4.60. The van der Waals surface area contributed by atoms with E-state index >= 15 is 0 Å². The number of benzene rings is 1. The Balaban J connectivity index is 1.37. The van der Waals surface area contributed by atoms with Crippen LogP contribution in [0.4, 0.5) is 30.7 Å². The van der Waals surface area contributed by atoms with Gasteiger partial charge in [-0.15, -0.1) is 0 Å². The Bertz CT molecular complexity index is 1310. The Labute approximate surface area is 219 Å². The molecule has 0 N–H and O–H groups in total. The van der Waals surface area contributed by atoms with E-state index in [0.29, 0.717) is 11.1 Å². The summed E-state index contributed by atoms with van der Waals surface area (Å²) in [6, 6.07) is 3.26. The fourth-order valence-corrected chi connectivity index (χ4v) is 6.04. The summed E-state index contributed by atoms with van der Waals surface area (Å²) in [6.07, 6.45) is -10.3. The van der Waals surface area contributed by atoms with E-state index in [4.69, 9.17) is 27.9 Å². The van der Waals surface area contributed by atoms with Gasteiger partial charge >= 0.3 is 12.4 Å². The van der Waals surface area contributed by atoms with Gasteiger partial charge in [0.15, 0.2) is 10.6 Å². The van der Waals surface area contributed by atoms with E-state index in [9.17, 15) is 35.5 Å². The molecule has 1 aromatic carbocycles. The number of amides is 1. The topological polar surface area (TPSA) is 54.8 Å². The Hall–Kier alpha value is -2.09. The fraction of sp³-hybridized carbons (Fsp3) is 0.409. The van der Waals surface area contributed by atoms with E-state index in [1.54, 1.807) is 0 Å². The first-order valence-corrected chi connectivity index (χ1v) is 12.1. The third-order valence-electron chi connectivity index (χ3n) is 6.51. The SMILES string of the molecule is O=C(CC(F)(F)F)N1CC2(C1)OCc1cc(C3=NSC(c4cc(Cl)c(F)c(Cl)c4)(C(F)(F)F)C3)ncc12. The second-order valence-corrected chi connectivity index (χ2v) is 10.8. The summed E-state index contributed by atoms with van der Waals surface area (Å²) >= 11 is 11.8. The molecule has 1 aromatic heterocycles. The Morgan fingerprint density at radius 1 is 1.11 bits per heavy atom. The summed E-state index contributed by atoms with van der Waals surface area (Å²) in [5.41, 5.74) is -0.0524. The third kappa shape index (κ3) is 4.47. The van der Waals surface area contributed by atoms with Crippen molar-refractivity contribution in [3.8, 4) is 0 Å². The van der Waals surface area contributed by atoms with Crippen molar-refractivity contribution in [2.45, 2.75) is 42.1 Å². The lowest BCUT2D eigenvalue weighted by Gasteiger charge is -2.47. The molecule has 1 saturated heterocycles. The smallest absolute Gasteiger partial charge is 0.362 e. The Morgan fingerprint density at radius 3 is 2.35 bits per heavy atom. The van der Waals surface area contributed by atoms with Gasteiger partial charge < -0.3 is 9.64 Å². The highest BCUT2D eigenvalue weighted by molar-refractivity contribution is 7.99. The second-order valence-electron chi connectivity index (χ2n) is 8.94. The monoisotopic (exact) mass is 587 g/mol. The normalized spacial score (nSPS) is 22.7. The van der Waals surface area contributed by atoms with Gasteiger partial charge in [-0.05, 0) is 41.3 Å². The quantitative estimate of drug-likeness (QED) is 0.239. The zero-order valence-electron chi connectivity index (χ0n) is 18.3. The van der Waals surface area contributed by atoms with E-state index in [1.165, 1.54) is 12.3 Å². The molecular weight excluding hydrogens is 574 g/mol. The molecule has 1 spiro atoms. The summed E-state index contributed by atoms with van der Waals surface area (Å²) in [7, 11) is 0. The van der Waals surface area contributed by atoms with Gasteiger partial charge in [-0.2, -0.15) is 26.3 Å². The predicted octanol–water partition coefficient (Wildman–Crippen LogP) is 6.35. The number of ether oxygens (including phenoxy) is 1. The summed E-state index contributed by atoms with van der Waals surface area (Å²) in [6.45, 7) is -0.133. The van der Waals surface area contributed by atoms with Crippen LogP contribution >= 0.6 is 35.1 Å². The van der Waals surface area contributed by atoms with Crippen LogP contribution < -0.4 is 0 Å². The number of aromatic nitrogens is 1. The maximum Gasteiger partial charge on any atom is 0.409 e. The van der Waals surface area contributed by atoms with Gasteiger partial charge in [0.2, 0.25) is 5.91 Å². The van der Waals surface area contributed by atoms with Crippen LogP contribution in [0, 0.1) is 5.82 Å². The van der Waals surface area contributed by atoms with E-state index in [2.05, 4.69) is 9.38 Å². The number of carbonyl (C=O) groups excluding carboxylic acids is 1. The summed E-state index contributed by atoms with van der Waals surface area (Å²) in [4.78, 5) is 17.1. The first kappa shape index (κ1) is 26.5. The Morgan fingerprint density at radius 2 is 1.76 bits per heavy atom. The summed E-state index contributed by atoms with van der Waals surface area (Å²) in [5.74, 6) is -2.10. The van der Waals surface area contributed by atoms with Gasteiger partial charge in [0.1, 0.15) is 12.0 Å². The minimum Gasteiger partial charge on any atom is -0.362 e. The van der Waals surface area contributed by atoms with E-state index in [1.807, 2.05) is 0 Å². The first-order valence-electron chi connectivity index (χ1n) is 10.6. The average molecular weight is 588 g/mol. The third-order valence-corrected chi connectivity index (χ3v) is 8.30. The predicted molar refractivity (Wildman–Crippen MR) is 121 cm³/mol. The molecule has 3 aliphatic heterocycles. The molecule has 1 atom stereocenters. The van der Waals surface area contributed by atoms with Gasteiger partial charge in [-0.1, -0.05) is 23.2 Å². The molecule has 0 aliphatic carbocycles. The standard InChI is InChI=1S/C22H14Cl2F7N3O2S/c23-13-2-11(3-14(24)18(13)25)20(22(29,30)31)4-16(33-37-20)15-1-10-7-36-19(12(10)6-32-15)8-34(9-19)17(35)5-21(26,27)28/h1-3,6H,4-5,7-9H2. The van der Waals surface area contributed by atoms with Gasteiger partial charge in [0.05, 0.1) is 41.1 Å². The van der Waals surface area contributed by atoms with E-state index < -0.39 is 57.3 Å². The lowest BCUT2D eigenvalue weighted by molar-refractivity contribution is -0.185. The molecule has 4 heterocycles. The van der Waals surface area contributed by atoms with Crippen molar-refractivity contribution >= 4 is 46.8 Å². The van der Waals surface area contributed by atoms with E-state index in [0.717, 1.165) is 17.0 Å². The number of hydrogen-bond donors (Lipinski definition) is 0. The minimum absolute atomic E-state index is 0.0261. The zero-order valence-corrected chi connectivity index (χ0v) is 20.6. The molecule has 1 amide bonds. The first-order chi connectivity index (χ1) is 17.1. The van der Waals surface area contributed by atoms with Gasteiger partial charge in [0, 0.05) is 18.2 Å². The molecule has 5 rings (SSSR count). The van der Waals surface area contributed by atoms with Crippen LogP contribution in [0.5, 0.6) is 0 Å². The van der Waals surface area contributed by atoms with Crippen LogP contribution in [0.15, 0.2) is 28.8 Å². The molecule has 2 aromatic rings. The number of carbonyl (C=O) groups is 1. The number of nitrogens with zero attached hydrogens (tertiary/aromatic N) is 3. The maximum absolute atomic E-state index is 14.3. The highest BCUT2D eigenvalue weighted by Crippen LogP contribution is 2.57. The van der Waals surface area contributed by atoms with Crippen LogP contribution in [-0.2, 0) is 26.5 Å². The molecule has 0 radical (unpaired) electrons. The molecule has 1 unspecified atom stereocenters. The van der Waals surface area contributed by atoms with Crippen molar-refractivity contribution in [3.63, 3.8) is 0 Å².